The van der Waals surface area contributed by atoms with Crippen LogP contribution in [-0.2, 0) is 25.6 Å². The van der Waals surface area contributed by atoms with Crippen molar-refractivity contribution in [3.63, 3.8) is 0 Å². The molecule has 1 N–H and O–H groups in total. The Labute approximate surface area is 302 Å². The van der Waals surface area contributed by atoms with E-state index in [0.717, 1.165) is 10.5 Å². The van der Waals surface area contributed by atoms with Crippen molar-refractivity contribution < 1.29 is 46.2 Å². The molecule has 0 aromatic heterocycles. The molecule has 4 amide bonds. The fraction of sp³-hybridized carbons (Fsp3) is 0.263. The number of phenols is 1. The molecular weight excluding hydrogens is 730 g/mol. The zero-order valence-electron chi connectivity index (χ0n) is 26.9. The molecule has 0 bridgehead atoms. The number of nitrogens with zero attached hydrogens (tertiary/aromatic N) is 2. The van der Waals surface area contributed by atoms with E-state index in [0.29, 0.717) is 22.9 Å². The lowest BCUT2D eigenvalue weighted by atomic mass is 9.56. The summed E-state index contributed by atoms with van der Waals surface area (Å²) in [5.41, 5.74) is -0.398. The number of allylic oxidation sites excluding steroid dienone is 2. The Bertz CT molecular complexity index is 2310. The van der Waals surface area contributed by atoms with E-state index in [9.17, 15) is 37.5 Å². The number of aromatic hydroxyl groups is 1. The monoisotopic (exact) mass is 754 g/mol. The SMILES string of the molecule is CCc1ccc(N2C(=O)C3CC=C4C(CC5(Cl)C(=O)N(c6c(F)c(F)c(F)c(F)c6F)C(=O)C5(Cl)C4c4c(O)ccc5ccccc45)C3C2=O)cc1. The predicted molar refractivity (Wildman–Crippen MR) is 180 cm³/mol. The van der Waals surface area contributed by atoms with Crippen molar-refractivity contribution in [3.8, 4) is 5.75 Å². The van der Waals surface area contributed by atoms with Crippen molar-refractivity contribution in [2.45, 2.75) is 41.9 Å². The highest BCUT2D eigenvalue weighted by Gasteiger charge is 2.77. The minimum Gasteiger partial charge on any atom is -0.508 e. The predicted octanol–water partition coefficient (Wildman–Crippen LogP) is 7.57. The van der Waals surface area contributed by atoms with E-state index in [2.05, 4.69) is 0 Å². The first-order chi connectivity index (χ1) is 24.7. The summed E-state index contributed by atoms with van der Waals surface area (Å²) in [6.45, 7) is 1.94. The largest absolute Gasteiger partial charge is 0.508 e. The molecule has 2 aliphatic heterocycles. The van der Waals surface area contributed by atoms with Crippen LogP contribution >= 0.6 is 23.2 Å². The van der Waals surface area contributed by atoms with E-state index in [4.69, 9.17) is 23.2 Å². The summed E-state index contributed by atoms with van der Waals surface area (Å²) < 4.78 is 73.9. The molecule has 6 atom stereocenters. The van der Waals surface area contributed by atoms with Crippen molar-refractivity contribution in [2.75, 3.05) is 9.80 Å². The van der Waals surface area contributed by atoms with Crippen LogP contribution in [0.1, 0.15) is 36.8 Å². The maximum absolute atomic E-state index is 15.3. The first-order valence-electron chi connectivity index (χ1n) is 16.3. The van der Waals surface area contributed by atoms with Crippen LogP contribution in [-0.4, -0.2) is 38.5 Å². The molecule has 0 radical (unpaired) electrons. The van der Waals surface area contributed by atoms with Crippen LogP contribution in [0, 0.1) is 46.8 Å². The molecule has 14 heteroatoms. The Hall–Kier alpha value is -4.81. The first-order valence-corrected chi connectivity index (χ1v) is 17.1. The number of hydrogen-bond donors (Lipinski definition) is 1. The summed E-state index contributed by atoms with van der Waals surface area (Å²) in [7, 11) is 0. The Balaban J connectivity index is 1.36. The van der Waals surface area contributed by atoms with Gasteiger partial charge in [-0.2, -0.15) is 0 Å². The average molecular weight is 756 g/mol. The van der Waals surface area contributed by atoms with E-state index in [1.807, 2.05) is 6.92 Å². The summed E-state index contributed by atoms with van der Waals surface area (Å²) >= 11 is 14.5. The van der Waals surface area contributed by atoms with Gasteiger partial charge in [-0.25, -0.2) is 26.9 Å². The van der Waals surface area contributed by atoms with Crippen molar-refractivity contribution in [3.05, 3.63) is 113 Å². The van der Waals surface area contributed by atoms with Crippen LogP contribution in [0.15, 0.2) is 72.3 Å². The standard InChI is InChI=1S/C38H25Cl2F5N2O5/c1-2-16-7-10-18(11-8-16)46-33(49)21-13-12-20-22(24(21)34(46)50)15-37(39)35(51)47(32-30(44)28(42)27(41)29(43)31(32)45)36(52)38(37,40)26(20)25-19-6-4-3-5-17(19)9-14-23(25)48/h3-12,14,21-22,24,26,48H,2,13,15H2,1H3. The molecule has 0 spiro atoms. The van der Waals surface area contributed by atoms with Gasteiger partial charge in [0.15, 0.2) is 33.0 Å². The van der Waals surface area contributed by atoms with Gasteiger partial charge in [-0.05, 0) is 59.7 Å². The van der Waals surface area contributed by atoms with Gasteiger partial charge in [-0.3, -0.25) is 24.1 Å². The third kappa shape index (κ3) is 4.24. The van der Waals surface area contributed by atoms with Crippen LogP contribution < -0.4 is 9.80 Å². The van der Waals surface area contributed by atoms with Crippen LogP contribution in [0.25, 0.3) is 10.8 Å². The van der Waals surface area contributed by atoms with E-state index in [-0.39, 0.29) is 22.5 Å². The van der Waals surface area contributed by atoms with Crippen molar-refractivity contribution in [2.24, 2.45) is 17.8 Å². The molecule has 3 fully saturated rings. The fourth-order valence-corrected chi connectivity index (χ4v) is 9.52. The van der Waals surface area contributed by atoms with Crippen LogP contribution in [0.2, 0.25) is 0 Å². The van der Waals surface area contributed by atoms with Crippen LogP contribution in [0.3, 0.4) is 0 Å². The smallest absolute Gasteiger partial charge is 0.258 e. The first kappa shape index (κ1) is 34.3. The maximum Gasteiger partial charge on any atom is 0.258 e. The Morgan fingerprint density at radius 1 is 0.769 bits per heavy atom. The second-order valence-electron chi connectivity index (χ2n) is 13.4. The zero-order valence-corrected chi connectivity index (χ0v) is 28.4. The minimum atomic E-state index is -2.76. The van der Waals surface area contributed by atoms with Gasteiger partial charge in [0.1, 0.15) is 11.4 Å². The van der Waals surface area contributed by atoms with Gasteiger partial charge in [0.05, 0.1) is 17.5 Å². The number of carbonyl (C=O) groups is 4. The summed E-state index contributed by atoms with van der Waals surface area (Å²) in [5, 5.41) is 12.3. The lowest BCUT2D eigenvalue weighted by molar-refractivity contribution is -0.125. The zero-order chi connectivity index (χ0) is 37.2. The van der Waals surface area contributed by atoms with Crippen molar-refractivity contribution >= 4 is 69.0 Å². The van der Waals surface area contributed by atoms with Gasteiger partial charge >= 0.3 is 0 Å². The molecule has 52 heavy (non-hydrogen) atoms. The molecule has 4 aromatic carbocycles. The number of carbonyl (C=O) groups excluding carboxylic acids is 4. The molecule has 1 saturated carbocycles. The van der Waals surface area contributed by atoms with E-state index < -0.39 is 104 Å². The Kier molecular flexibility index (Phi) is 7.65. The number of halogens is 7. The molecule has 8 rings (SSSR count). The van der Waals surface area contributed by atoms with Gasteiger partial charge in [0.2, 0.25) is 17.6 Å². The van der Waals surface area contributed by atoms with Gasteiger partial charge in [0, 0.05) is 11.5 Å². The number of imide groups is 2. The summed E-state index contributed by atoms with van der Waals surface area (Å²) in [6, 6.07) is 16.3. The minimum absolute atomic E-state index is 0.0294. The number of alkyl halides is 2. The van der Waals surface area contributed by atoms with Crippen molar-refractivity contribution in [1.29, 1.82) is 0 Å². The average Bonchev–Trinajstić information content (AvgIpc) is 3.48. The summed E-state index contributed by atoms with van der Waals surface area (Å²) in [4.78, 5) is 52.7. The van der Waals surface area contributed by atoms with Gasteiger partial charge < -0.3 is 5.11 Å². The number of aryl methyl sites for hydroxylation is 1. The highest BCUT2D eigenvalue weighted by Crippen LogP contribution is 2.67. The van der Waals surface area contributed by atoms with E-state index in [1.54, 1.807) is 60.7 Å². The second kappa shape index (κ2) is 11.6. The number of anilines is 2. The van der Waals surface area contributed by atoms with E-state index >= 15 is 8.78 Å². The Morgan fingerprint density at radius 3 is 2.06 bits per heavy atom. The highest BCUT2D eigenvalue weighted by molar-refractivity contribution is 6.58. The van der Waals surface area contributed by atoms with Crippen LogP contribution in [0.4, 0.5) is 33.3 Å². The number of hydrogen-bond acceptors (Lipinski definition) is 5. The number of amides is 4. The summed E-state index contributed by atoms with van der Waals surface area (Å²) in [6.07, 6.45) is 1.62. The normalized spacial score (nSPS) is 28.3. The maximum atomic E-state index is 15.3. The van der Waals surface area contributed by atoms with Gasteiger partial charge in [-0.15, -0.1) is 23.2 Å². The molecule has 2 aliphatic carbocycles. The number of phenolic OH excluding ortho intramolecular Hbond substituents is 1. The van der Waals surface area contributed by atoms with Gasteiger partial charge in [0.25, 0.3) is 11.8 Å². The molecule has 4 aliphatic rings. The molecule has 4 aromatic rings. The fourth-order valence-electron chi connectivity index (χ4n) is 8.61. The summed E-state index contributed by atoms with van der Waals surface area (Å²) in [5.74, 6) is -21.9. The topological polar surface area (TPSA) is 95.0 Å². The molecule has 266 valence electrons. The molecule has 6 unspecified atom stereocenters. The van der Waals surface area contributed by atoms with E-state index in [1.165, 1.54) is 6.07 Å². The second-order valence-corrected chi connectivity index (χ2v) is 14.7. The van der Waals surface area contributed by atoms with Gasteiger partial charge in [-0.1, -0.05) is 61.0 Å². The molecule has 2 saturated heterocycles. The number of rotatable bonds is 4. The molecule has 7 nitrogen and oxygen atoms in total. The lowest BCUT2D eigenvalue weighted by Crippen LogP contribution is -2.60. The quantitative estimate of drug-likeness (QED) is 0.0580. The van der Waals surface area contributed by atoms with Crippen LogP contribution in [0.5, 0.6) is 5.75 Å². The lowest BCUT2D eigenvalue weighted by Gasteiger charge is -2.51. The number of benzene rings is 4. The van der Waals surface area contributed by atoms with Crippen molar-refractivity contribution in [1.82, 2.24) is 0 Å². The third-order valence-electron chi connectivity index (χ3n) is 11.1. The third-order valence-corrected chi connectivity index (χ3v) is 12.5. The number of fused-ring (bicyclic) bond motifs is 5. The Morgan fingerprint density at radius 2 is 1.40 bits per heavy atom. The molecular formula is C38H25Cl2F5N2O5. The molecule has 2 heterocycles. The highest BCUT2D eigenvalue weighted by atomic mass is 35.5.